The van der Waals surface area contributed by atoms with E-state index in [1.807, 2.05) is 0 Å². The maximum atomic E-state index is 3.68. The lowest BCUT2D eigenvalue weighted by Gasteiger charge is -2.19. The molecule has 22 aromatic rings. The van der Waals surface area contributed by atoms with E-state index in [1.54, 1.807) is 0 Å². The van der Waals surface area contributed by atoms with E-state index in [9.17, 15) is 0 Å². The Kier molecular flexibility index (Phi) is 26.0. The van der Waals surface area contributed by atoms with Gasteiger partial charge >= 0.3 is 0 Å². The van der Waals surface area contributed by atoms with Gasteiger partial charge in [-0.15, -0.1) is 0 Å². The fraction of sp³-hybridized carbons (Fsp3) is 0.292. The fourth-order valence-electron chi connectivity index (χ4n) is 23.2. The molecule has 0 atom stereocenters. The Bertz CT molecular complexity index is 8210. The van der Waals surface area contributed by atoms with Gasteiger partial charge in [-0.3, -0.25) is 0 Å². The number of unbranched alkanes of at least 4 members (excludes halogenated alkanes) is 9. The van der Waals surface area contributed by atoms with Gasteiger partial charge in [-0.05, 0) is 355 Å². The minimum atomic E-state index is 0.00762. The minimum absolute atomic E-state index is 0.00762. The summed E-state index contributed by atoms with van der Waals surface area (Å²) in [4.78, 5) is 0. The highest BCUT2D eigenvalue weighted by atomic mass is 15.0. The average Bonchev–Trinajstić information content (AvgIpc) is 1.57. The summed E-state index contributed by atoms with van der Waals surface area (Å²) in [6.45, 7) is 51.5. The molecule has 6 heteroatoms. The lowest BCUT2D eigenvalue weighted by molar-refractivity contribution is 0.590. The molecule has 6 aromatic heterocycles. The highest BCUT2D eigenvalue weighted by Crippen LogP contribution is 2.47. The van der Waals surface area contributed by atoms with E-state index in [0.29, 0.717) is 0 Å². The van der Waals surface area contributed by atoms with Gasteiger partial charge in [0.1, 0.15) is 0 Å². The second-order valence-electron chi connectivity index (χ2n) is 49.1. The highest BCUT2D eigenvalue weighted by molar-refractivity contribution is 6.16. The third-order valence-electron chi connectivity index (χ3n) is 32.2. The molecule has 6 heterocycles. The lowest BCUT2D eigenvalue weighted by Crippen LogP contribution is -2.10. The van der Waals surface area contributed by atoms with E-state index in [-0.39, 0.29) is 32.5 Å². The Labute approximate surface area is 888 Å². The fourth-order valence-corrected chi connectivity index (χ4v) is 23.2. The predicted molar refractivity (Wildman–Crippen MR) is 647 cm³/mol. The summed E-state index contributed by atoms with van der Waals surface area (Å²) in [5.41, 5.74) is 39.0. The normalized spacial score (nSPS) is 12.5. The molecular formula is C144H144N6. The average molecular weight is 1960 g/mol. The van der Waals surface area contributed by atoms with Gasteiger partial charge in [0, 0.05) is 168 Å². The predicted octanol–water partition coefficient (Wildman–Crippen LogP) is 39.0. The maximum Gasteiger partial charge on any atom is 0.0541 e. The molecule has 6 nitrogen and oxygen atoms in total. The van der Waals surface area contributed by atoms with Crippen molar-refractivity contribution in [1.29, 1.82) is 0 Å². The number of benzene rings is 16. The molecule has 0 bridgehead atoms. The van der Waals surface area contributed by atoms with Crippen molar-refractivity contribution in [3.63, 3.8) is 0 Å². The smallest absolute Gasteiger partial charge is 0.0541 e. The summed E-state index contributed by atoms with van der Waals surface area (Å²) in [7, 11) is 0. The second kappa shape index (κ2) is 39.2. The van der Waals surface area contributed by atoms with Gasteiger partial charge in [0.15, 0.2) is 0 Å². The van der Waals surface area contributed by atoms with E-state index >= 15 is 0 Å². The lowest BCUT2D eigenvalue weighted by atomic mass is 9.85. The van der Waals surface area contributed by atoms with Crippen LogP contribution in [0.5, 0.6) is 0 Å². The topological polar surface area (TPSA) is 29.6 Å². The summed E-state index contributed by atoms with van der Waals surface area (Å²) in [5.74, 6) is 22.0. The molecule has 750 valence electrons. The Morgan fingerprint density at radius 2 is 0.340 bits per heavy atom. The Balaban J connectivity index is 0.609. The van der Waals surface area contributed by atoms with Gasteiger partial charge in [-0.1, -0.05) is 312 Å². The van der Waals surface area contributed by atoms with Crippen LogP contribution in [-0.2, 0) is 52.1 Å². The van der Waals surface area contributed by atoms with Crippen LogP contribution < -0.4 is 0 Å². The van der Waals surface area contributed by atoms with Crippen LogP contribution in [0.25, 0.3) is 181 Å². The molecule has 0 fully saturated rings. The molecule has 0 N–H and O–H groups in total. The van der Waals surface area contributed by atoms with Gasteiger partial charge in [-0.2, -0.15) is 0 Å². The van der Waals surface area contributed by atoms with E-state index in [4.69, 9.17) is 0 Å². The van der Waals surface area contributed by atoms with Crippen LogP contribution in [-0.4, -0.2) is 27.4 Å². The third-order valence-corrected chi connectivity index (χ3v) is 32.2. The van der Waals surface area contributed by atoms with Gasteiger partial charge in [0.25, 0.3) is 0 Å². The van der Waals surface area contributed by atoms with Crippen LogP contribution in [0.4, 0.5) is 0 Å². The Morgan fingerprint density at radius 3 is 0.547 bits per heavy atom. The largest absolute Gasteiger partial charge is 0.340 e. The van der Waals surface area contributed by atoms with E-state index < -0.39 is 0 Å². The third kappa shape index (κ3) is 19.1. The first-order valence-electron chi connectivity index (χ1n) is 55.5. The van der Waals surface area contributed by atoms with Gasteiger partial charge in [-0.25, -0.2) is 0 Å². The molecule has 0 aliphatic rings. The Morgan fingerprint density at radius 1 is 0.160 bits per heavy atom. The maximum absolute atomic E-state index is 3.68. The van der Waals surface area contributed by atoms with Crippen LogP contribution in [0.1, 0.15) is 289 Å². The summed E-state index contributed by atoms with van der Waals surface area (Å²) >= 11 is 0. The molecule has 150 heavy (non-hydrogen) atoms. The van der Waals surface area contributed by atoms with Crippen LogP contribution in [0.15, 0.2) is 309 Å². The molecular weight excluding hydrogens is 1810 g/mol. The first-order chi connectivity index (χ1) is 72.0. The van der Waals surface area contributed by atoms with Gasteiger partial charge < -0.3 is 27.4 Å². The monoisotopic (exact) mass is 1960 g/mol. The summed E-state index contributed by atoms with van der Waals surface area (Å²) in [6.07, 6.45) is 14.3. The molecule has 0 radical (unpaired) electrons. The van der Waals surface area contributed by atoms with Crippen molar-refractivity contribution in [2.75, 3.05) is 0 Å². The second-order valence-corrected chi connectivity index (χ2v) is 49.1. The molecule has 22 rings (SSSR count). The van der Waals surface area contributed by atoms with Crippen molar-refractivity contribution in [3.8, 4) is 86.0 Å². The van der Waals surface area contributed by atoms with Crippen LogP contribution in [0.2, 0.25) is 0 Å². The van der Waals surface area contributed by atoms with E-state index in [2.05, 4.69) is 518 Å². The summed E-state index contributed by atoms with van der Waals surface area (Å²) in [5, 5.41) is 15.2. The Hall–Kier alpha value is -15.0. The van der Waals surface area contributed by atoms with Crippen LogP contribution in [0, 0.1) is 35.5 Å². The van der Waals surface area contributed by atoms with Crippen LogP contribution >= 0.6 is 0 Å². The van der Waals surface area contributed by atoms with Gasteiger partial charge in [0.2, 0.25) is 0 Å². The minimum Gasteiger partial charge on any atom is -0.340 e. The quantitative estimate of drug-likeness (QED) is 0.0507. The van der Waals surface area contributed by atoms with E-state index in [0.717, 1.165) is 123 Å². The number of hydrogen-bond donors (Lipinski definition) is 0. The molecule has 0 spiro atoms. The number of aryl methyl sites for hydroxylation is 3. The first kappa shape index (κ1) is 99.6. The van der Waals surface area contributed by atoms with Crippen molar-refractivity contribution >= 4 is 131 Å². The number of nitrogens with zero attached hydrogens (tertiary/aromatic N) is 6. The van der Waals surface area contributed by atoms with Gasteiger partial charge in [0.05, 0.1) is 33.1 Å². The molecule has 0 saturated carbocycles. The molecule has 0 saturated heterocycles. The van der Waals surface area contributed by atoms with E-state index in [1.165, 1.54) is 222 Å². The van der Waals surface area contributed by atoms with Crippen molar-refractivity contribution in [1.82, 2.24) is 27.4 Å². The number of rotatable bonds is 21. The zero-order valence-electron chi connectivity index (χ0n) is 92.2. The molecule has 0 aliphatic carbocycles. The highest BCUT2D eigenvalue weighted by Gasteiger charge is 2.29. The number of fused-ring (bicyclic) bond motifs is 18. The van der Waals surface area contributed by atoms with Crippen LogP contribution in [0.3, 0.4) is 0 Å². The molecule has 0 unspecified atom stereocenters. The van der Waals surface area contributed by atoms with Crippen molar-refractivity contribution in [3.05, 3.63) is 376 Å². The SMILES string of the molecule is CCCCCCn1c2ccc(C#Cc3ccc(-c4cc(-c5ccc(C#Cc6ccc7c(c6)c6cc(-n8c9ccc(C(C)(C)C)cc9c9cc(C(C)(C)C)ccc98)ccc6n7CCCCCC)cc5)cc(-c5ccc(C#Cc6ccc7c(c6)c6cc(-n8c9ccc(C(C)(C)C)cc9c9cc(C(C)(C)C)ccc98)ccc6n7CCCCCC)cc5)c4)cc3)cc2c2cc(-n3c4ccc(C(C)(C)C)cc4c4cc(C(C)(C)C)ccc43)ccc21. The summed E-state index contributed by atoms with van der Waals surface area (Å²) < 4.78 is 15.2. The van der Waals surface area contributed by atoms with Crippen molar-refractivity contribution in [2.45, 2.75) is 275 Å². The van der Waals surface area contributed by atoms with Crippen molar-refractivity contribution in [2.24, 2.45) is 0 Å². The zero-order valence-corrected chi connectivity index (χ0v) is 92.2. The summed E-state index contributed by atoms with van der Waals surface area (Å²) in [6, 6.07) is 119. The molecule has 0 aliphatic heterocycles. The number of hydrogen-bond acceptors (Lipinski definition) is 0. The first-order valence-corrected chi connectivity index (χ1v) is 55.5. The van der Waals surface area contributed by atoms with Crippen molar-refractivity contribution < 1.29 is 0 Å². The molecule has 16 aromatic carbocycles. The number of aromatic nitrogens is 6. The standard InChI is InChI=1S/C144H144N6/c1-22-25-28-31-76-145-127-64-46-97(79-115(127)124-91-112(61-73-130(124)145)148-133-67-55-106(139(4,5)6)85-118(133)119-86-107(140(7,8)9)56-68-134(119)148)37-34-94-40-49-100(50-41-94)103-82-104(101-51-42-95(43-52-101)35-38-98-47-65-128-116(80-98)125-92-113(62-74-131(125)146(128)77-32-29-26-23-2)149-135-69-57-108(141(10,11)12)87-120(135)121-88-109(142(13,14)15)58-70-136(121)149)84-105(83-103)102-53-44-96(45-54-102)36-39-99-48-66-129-117(81-99)126-93-114(63-75-132(126)147(129)78-33-30-27-24-3)150-137-71-59-110(143(16,17)18)89-122(137)123-90-111(144(19,20)21)60-72-138(123)150/h40-75,79-93H,22-33,76-78H2,1-21H3. The zero-order chi connectivity index (χ0) is 104. The molecule has 0 amide bonds.